The van der Waals surface area contributed by atoms with Crippen LogP contribution in [0, 0.1) is 0 Å². The first-order valence-corrected chi connectivity index (χ1v) is 6.11. The Hall–Kier alpha value is -0.190. The van der Waals surface area contributed by atoms with Gasteiger partial charge in [-0.3, -0.25) is 4.90 Å². The zero-order valence-corrected chi connectivity index (χ0v) is 10.7. The summed E-state index contributed by atoms with van der Waals surface area (Å²) in [4.78, 5) is 3.08. The molecule has 4 heteroatoms. The van der Waals surface area contributed by atoms with E-state index in [-0.39, 0.29) is 0 Å². The minimum atomic E-state index is 0.314. The van der Waals surface area contributed by atoms with Gasteiger partial charge in [0.05, 0.1) is 17.2 Å². The third-order valence-corrected chi connectivity index (χ3v) is 3.04. The van der Waals surface area contributed by atoms with Crippen molar-refractivity contribution in [1.29, 1.82) is 0 Å². The van der Waals surface area contributed by atoms with Gasteiger partial charge in [-0.15, -0.1) is 0 Å². The van der Waals surface area contributed by atoms with Crippen LogP contribution < -0.4 is 5.73 Å². The van der Waals surface area contributed by atoms with Gasteiger partial charge in [-0.1, -0.05) is 19.1 Å². The molecule has 0 saturated carbocycles. The minimum Gasteiger partial charge on any atom is -0.393 e. The van der Waals surface area contributed by atoms with Crippen LogP contribution >= 0.6 is 12.2 Å². The highest BCUT2D eigenvalue weighted by Gasteiger charge is 2.27. The predicted octanol–water partition coefficient (Wildman–Crippen LogP) is 1.55. The van der Waals surface area contributed by atoms with Crippen molar-refractivity contribution in [3.63, 3.8) is 0 Å². The summed E-state index contributed by atoms with van der Waals surface area (Å²) in [7, 11) is 0. The number of nitrogens with zero attached hydrogens (tertiary/aromatic N) is 1. The van der Waals surface area contributed by atoms with Gasteiger partial charge >= 0.3 is 0 Å². The summed E-state index contributed by atoms with van der Waals surface area (Å²) >= 11 is 4.99. The second-order valence-electron chi connectivity index (χ2n) is 4.44. The molecule has 0 aliphatic carbocycles. The highest BCUT2D eigenvalue weighted by atomic mass is 32.1. The molecular weight excluding hydrogens is 208 g/mol. The first-order chi connectivity index (χ1) is 7.02. The molecule has 0 radical (unpaired) electrons. The maximum absolute atomic E-state index is 5.71. The lowest BCUT2D eigenvalue weighted by Gasteiger charge is -2.39. The summed E-state index contributed by atoms with van der Waals surface area (Å²) < 4.78 is 5.71. The maximum Gasteiger partial charge on any atom is 0.0743 e. The van der Waals surface area contributed by atoms with Crippen LogP contribution in [0.25, 0.3) is 0 Å². The summed E-state index contributed by atoms with van der Waals surface area (Å²) in [6.07, 6.45) is 2.55. The van der Waals surface area contributed by atoms with Crippen LogP contribution in [0.5, 0.6) is 0 Å². The van der Waals surface area contributed by atoms with E-state index in [0.717, 1.165) is 25.9 Å². The maximum atomic E-state index is 5.71. The fourth-order valence-electron chi connectivity index (χ4n) is 2.28. The number of thiocarbonyl (C=S) groups is 1. The minimum absolute atomic E-state index is 0.314. The molecule has 1 aliphatic rings. The van der Waals surface area contributed by atoms with E-state index in [4.69, 9.17) is 22.7 Å². The topological polar surface area (TPSA) is 38.5 Å². The molecule has 88 valence electrons. The van der Waals surface area contributed by atoms with Crippen molar-refractivity contribution >= 4 is 17.2 Å². The Labute approximate surface area is 98.0 Å². The van der Waals surface area contributed by atoms with E-state index in [1.165, 1.54) is 0 Å². The molecule has 3 atom stereocenters. The first-order valence-electron chi connectivity index (χ1n) is 5.70. The normalized spacial score (nSPS) is 30.1. The predicted molar refractivity (Wildman–Crippen MR) is 67.1 cm³/mol. The van der Waals surface area contributed by atoms with Gasteiger partial charge in [-0.05, 0) is 20.3 Å². The Bertz CT molecular complexity index is 213. The van der Waals surface area contributed by atoms with Crippen molar-refractivity contribution in [2.75, 3.05) is 13.1 Å². The highest BCUT2D eigenvalue weighted by Crippen LogP contribution is 2.17. The van der Waals surface area contributed by atoms with Crippen molar-refractivity contribution in [1.82, 2.24) is 4.90 Å². The van der Waals surface area contributed by atoms with E-state index in [1.54, 1.807) is 0 Å². The monoisotopic (exact) mass is 230 g/mol. The fraction of sp³-hybridized carbons (Fsp3) is 0.909. The molecule has 0 aromatic heterocycles. The molecule has 0 amide bonds. The van der Waals surface area contributed by atoms with Crippen molar-refractivity contribution in [3.8, 4) is 0 Å². The lowest BCUT2D eigenvalue weighted by atomic mass is 10.1. The van der Waals surface area contributed by atoms with E-state index in [2.05, 4.69) is 25.7 Å². The average molecular weight is 230 g/mol. The highest BCUT2D eigenvalue weighted by molar-refractivity contribution is 7.80. The molecule has 2 N–H and O–H groups in total. The Morgan fingerprint density at radius 3 is 2.40 bits per heavy atom. The number of hydrogen-bond donors (Lipinski definition) is 1. The number of rotatable bonds is 4. The van der Waals surface area contributed by atoms with E-state index >= 15 is 0 Å². The van der Waals surface area contributed by atoms with E-state index < -0.39 is 0 Å². The molecule has 0 spiro atoms. The Kier molecular flexibility index (Phi) is 4.96. The van der Waals surface area contributed by atoms with Crippen LogP contribution in [-0.2, 0) is 4.74 Å². The summed E-state index contributed by atoms with van der Waals surface area (Å²) in [5, 5.41) is 0. The fourth-order valence-corrected chi connectivity index (χ4v) is 2.47. The summed E-state index contributed by atoms with van der Waals surface area (Å²) in [5.74, 6) is 0. The lowest BCUT2D eigenvalue weighted by Crippen LogP contribution is -2.50. The first kappa shape index (κ1) is 12.9. The quantitative estimate of drug-likeness (QED) is 0.744. The van der Waals surface area contributed by atoms with Gasteiger partial charge in [-0.2, -0.15) is 0 Å². The van der Waals surface area contributed by atoms with Crippen LogP contribution in [0.2, 0.25) is 0 Å². The van der Waals surface area contributed by atoms with Gasteiger partial charge in [0.2, 0.25) is 0 Å². The van der Waals surface area contributed by atoms with Crippen LogP contribution in [0.15, 0.2) is 0 Å². The SMILES string of the molecule is CCC(CC(N)=S)N1CC(C)OC(C)C1. The second-order valence-corrected chi connectivity index (χ2v) is 4.97. The van der Waals surface area contributed by atoms with Gasteiger partial charge in [0.25, 0.3) is 0 Å². The third kappa shape index (κ3) is 4.05. The summed E-state index contributed by atoms with van der Waals surface area (Å²) in [6, 6.07) is 0.483. The molecule has 15 heavy (non-hydrogen) atoms. The largest absolute Gasteiger partial charge is 0.393 e. The van der Waals surface area contributed by atoms with Crippen LogP contribution in [-0.4, -0.2) is 41.2 Å². The lowest BCUT2D eigenvalue weighted by molar-refractivity contribution is -0.0799. The van der Waals surface area contributed by atoms with Gasteiger partial charge in [0.15, 0.2) is 0 Å². The van der Waals surface area contributed by atoms with E-state index in [9.17, 15) is 0 Å². The van der Waals surface area contributed by atoms with Gasteiger partial charge in [0, 0.05) is 25.6 Å². The van der Waals surface area contributed by atoms with E-state index in [1.807, 2.05) is 0 Å². The van der Waals surface area contributed by atoms with Gasteiger partial charge in [0.1, 0.15) is 0 Å². The van der Waals surface area contributed by atoms with Crippen molar-refractivity contribution < 1.29 is 4.74 Å². The molecule has 0 aromatic carbocycles. The third-order valence-electron chi connectivity index (χ3n) is 2.87. The molecule has 1 fully saturated rings. The summed E-state index contributed by atoms with van der Waals surface area (Å²) in [6.45, 7) is 8.41. The smallest absolute Gasteiger partial charge is 0.0743 e. The van der Waals surface area contributed by atoms with Crippen LogP contribution in [0.3, 0.4) is 0 Å². The standard InChI is InChI=1S/C11H22N2OS/c1-4-10(5-11(12)15)13-6-8(2)14-9(3)7-13/h8-10H,4-7H2,1-3H3,(H2,12,15). The Balaban J connectivity index is 2.54. The molecule has 0 bridgehead atoms. The molecular formula is C11H22N2OS. The molecule has 1 heterocycles. The average Bonchev–Trinajstić information content (AvgIpc) is 2.12. The van der Waals surface area contributed by atoms with Crippen LogP contribution in [0.1, 0.15) is 33.6 Å². The van der Waals surface area contributed by atoms with Crippen molar-refractivity contribution in [2.24, 2.45) is 5.73 Å². The number of morpholine rings is 1. The molecule has 1 saturated heterocycles. The molecule has 1 rings (SSSR count). The molecule has 0 aromatic rings. The zero-order valence-electron chi connectivity index (χ0n) is 9.90. The Morgan fingerprint density at radius 2 is 2.00 bits per heavy atom. The molecule has 3 nitrogen and oxygen atoms in total. The van der Waals surface area contributed by atoms with E-state index in [0.29, 0.717) is 23.2 Å². The second kappa shape index (κ2) is 5.77. The Morgan fingerprint density at radius 1 is 1.47 bits per heavy atom. The summed E-state index contributed by atoms with van der Waals surface area (Å²) in [5.41, 5.74) is 5.62. The van der Waals surface area contributed by atoms with Crippen molar-refractivity contribution in [3.05, 3.63) is 0 Å². The molecule has 3 unspecified atom stereocenters. The van der Waals surface area contributed by atoms with Crippen LogP contribution in [0.4, 0.5) is 0 Å². The van der Waals surface area contributed by atoms with Gasteiger partial charge in [-0.25, -0.2) is 0 Å². The number of nitrogens with two attached hydrogens (primary N) is 1. The van der Waals surface area contributed by atoms with Gasteiger partial charge < -0.3 is 10.5 Å². The van der Waals surface area contributed by atoms with Crippen molar-refractivity contribution in [2.45, 2.75) is 51.9 Å². The molecule has 1 aliphatic heterocycles. The number of hydrogen-bond acceptors (Lipinski definition) is 3. The zero-order chi connectivity index (χ0) is 11.4. The number of ether oxygens (including phenoxy) is 1.